The van der Waals surface area contributed by atoms with Crippen LogP contribution in [0, 0.1) is 0 Å². The van der Waals surface area contributed by atoms with E-state index in [0.717, 1.165) is 6.42 Å². The quantitative estimate of drug-likeness (QED) is 0.547. The van der Waals surface area contributed by atoms with Crippen LogP contribution in [-0.4, -0.2) is 48.1 Å². The van der Waals surface area contributed by atoms with Crippen LogP contribution in [0.3, 0.4) is 0 Å². The molecule has 0 saturated heterocycles. The first-order valence-electron chi connectivity index (χ1n) is 4.76. The van der Waals surface area contributed by atoms with Crippen molar-refractivity contribution in [3.05, 3.63) is 0 Å². The summed E-state index contributed by atoms with van der Waals surface area (Å²) in [6.07, 6.45) is 1.57. The Labute approximate surface area is 83.1 Å². The van der Waals surface area contributed by atoms with Crippen LogP contribution < -0.4 is 5.32 Å². The number of aliphatic carboxylic acids is 1. The van der Waals surface area contributed by atoms with Crippen LogP contribution in [-0.2, 0) is 9.53 Å². The average molecular weight is 203 g/mol. The Kier molecular flexibility index (Phi) is 3.86. The van der Waals surface area contributed by atoms with Crippen LogP contribution in [0.2, 0.25) is 0 Å². The fraction of sp³-hybridized carbons (Fsp3) is 0.889. The van der Waals surface area contributed by atoms with Gasteiger partial charge in [-0.2, -0.15) is 0 Å². The molecule has 0 heterocycles. The van der Waals surface area contributed by atoms with Gasteiger partial charge in [-0.25, -0.2) is 0 Å². The second kappa shape index (κ2) is 4.72. The highest BCUT2D eigenvalue weighted by molar-refractivity contribution is 5.79. The molecule has 1 fully saturated rings. The Morgan fingerprint density at radius 3 is 2.64 bits per heavy atom. The van der Waals surface area contributed by atoms with Gasteiger partial charge >= 0.3 is 5.97 Å². The minimum Gasteiger partial charge on any atom is -0.480 e. The fourth-order valence-electron chi connectivity index (χ4n) is 1.56. The summed E-state index contributed by atoms with van der Waals surface area (Å²) in [5, 5.41) is 21.2. The topological polar surface area (TPSA) is 78.8 Å². The summed E-state index contributed by atoms with van der Waals surface area (Å²) in [6, 6.07) is 0. The smallest absolute Gasteiger partial charge is 0.323 e. The van der Waals surface area contributed by atoms with Gasteiger partial charge in [0.15, 0.2) is 0 Å². The number of hydrogen-bond donors (Lipinski definition) is 3. The lowest BCUT2D eigenvalue weighted by Crippen LogP contribution is -2.58. The molecule has 0 radical (unpaired) electrons. The van der Waals surface area contributed by atoms with Crippen molar-refractivity contribution in [3.63, 3.8) is 0 Å². The first-order valence-corrected chi connectivity index (χ1v) is 4.76. The molecule has 0 aromatic carbocycles. The Balaban J connectivity index is 2.31. The van der Waals surface area contributed by atoms with Crippen molar-refractivity contribution in [1.29, 1.82) is 0 Å². The standard InChI is InChI=1S/C9H17NO4/c1-14-6-7(11)5-10-9(8(12)13)3-2-4-9/h7,10-11H,2-6H2,1H3,(H,12,13). The molecule has 1 rings (SSSR count). The Morgan fingerprint density at radius 1 is 1.64 bits per heavy atom. The lowest BCUT2D eigenvalue weighted by Gasteiger charge is -2.39. The zero-order valence-corrected chi connectivity index (χ0v) is 8.32. The van der Waals surface area contributed by atoms with Crippen molar-refractivity contribution in [2.24, 2.45) is 0 Å². The third-order valence-electron chi connectivity index (χ3n) is 2.65. The summed E-state index contributed by atoms with van der Waals surface area (Å²) in [5.41, 5.74) is -0.797. The van der Waals surface area contributed by atoms with E-state index in [0.29, 0.717) is 12.8 Å². The number of β-amino-alcohol motifs (C(OH)–C–C–N with tert-alkyl or cyclic N) is 1. The number of carboxylic acid groups (broad SMARTS) is 1. The molecule has 1 aliphatic rings. The summed E-state index contributed by atoms with van der Waals surface area (Å²) in [4.78, 5) is 10.9. The van der Waals surface area contributed by atoms with Crippen LogP contribution in [0.1, 0.15) is 19.3 Å². The molecule has 5 heteroatoms. The van der Waals surface area contributed by atoms with Crippen molar-refractivity contribution in [3.8, 4) is 0 Å². The summed E-state index contributed by atoms with van der Waals surface area (Å²) in [6.45, 7) is 0.489. The number of aliphatic hydroxyl groups excluding tert-OH is 1. The monoisotopic (exact) mass is 203 g/mol. The summed E-state index contributed by atoms with van der Waals surface area (Å²) < 4.78 is 4.74. The molecule has 0 amide bonds. The summed E-state index contributed by atoms with van der Waals surface area (Å²) in [7, 11) is 1.50. The largest absolute Gasteiger partial charge is 0.480 e. The Hall–Kier alpha value is -0.650. The van der Waals surface area contributed by atoms with Gasteiger partial charge in [0, 0.05) is 13.7 Å². The molecule has 0 aromatic heterocycles. The minimum atomic E-state index is -0.826. The molecule has 1 saturated carbocycles. The Bertz CT molecular complexity index is 203. The maximum Gasteiger partial charge on any atom is 0.323 e. The number of hydrogen-bond acceptors (Lipinski definition) is 4. The zero-order chi connectivity index (χ0) is 10.6. The van der Waals surface area contributed by atoms with Gasteiger partial charge in [0.1, 0.15) is 5.54 Å². The number of ether oxygens (including phenoxy) is 1. The van der Waals surface area contributed by atoms with Crippen molar-refractivity contribution in [2.45, 2.75) is 30.9 Å². The predicted molar refractivity (Wildman–Crippen MR) is 50.1 cm³/mol. The predicted octanol–water partition coefficient (Wildman–Crippen LogP) is -0.409. The average Bonchev–Trinajstić information content (AvgIpc) is 2.02. The lowest BCUT2D eigenvalue weighted by atomic mass is 9.77. The van der Waals surface area contributed by atoms with Crippen molar-refractivity contribution in [1.82, 2.24) is 5.32 Å². The highest BCUT2D eigenvalue weighted by Crippen LogP contribution is 2.31. The number of carbonyl (C=O) groups is 1. The highest BCUT2D eigenvalue weighted by atomic mass is 16.5. The molecule has 0 aliphatic heterocycles. The summed E-state index contributed by atoms with van der Waals surface area (Å²) >= 11 is 0. The molecule has 1 atom stereocenters. The van der Waals surface area contributed by atoms with E-state index in [4.69, 9.17) is 9.84 Å². The summed E-state index contributed by atoms with van der Waals surface area (Å²) in [5.74, 6) is -0.826. The van der Waals surface area contributed by atoms with Crippen LogP contribution in [0.4, 0.5) is 0 Å². The SMILES string of the molecule is COCC(O)CNC1(C(=O)O)CCC1. The number of nitrogens with one attached hydrogen (secondary N) is 1. The van der Waals surface area contributed by atoms with E-state index in [1.54, 1.807) is 0 Å². The van der Waals surface area contributed by atoms with E-state index in [9.17, 15) is 9.90 Å². The third kappa shape index (κ3) is 2.43. The van der Waals surface area contributed by atoms with Gasteiger partial charge < -0.3 is 14.9 Å². The number of methoxy groups -OCH3 is 1. The Morgan fingerprint density at radius 2 is 2.29 bits per heavy atom. The van der Waals surface area contributed by atoms with E-state index in [2.05, 4.69) is 5.32 Å². The molecule has 0 bridgehead atoms. The maximum atomic E-state index is 10.9. The fourth-order valence-corrected chi connectivity index (χ4v) is 1.56. The van der Waals surface area contributed by atoms with E-state index in [1.807, 2.05) is 0 Å². The number of rotatable bonds is 6. The molecular formula is C9H17NO4. The van der Waals surface area contributed by atoms with Gasteiger partial charge in [-0.3, -0.25) is 10.1 Å². The van der Waals surface area contributed by atoms with Gasteiger partial charge in [-0.15, -0.1) is 0 Å². The molecule has 1 unspecified atom stereocenters. The molecular weight excluding hydrogens is 186 g/mol. The highest BCUT2D eigenvalue weighted by Gasteiger charge is 2.44. The van der Waals surface area contributed by atoms with Gasteiger partial charge in [0.2, 0.25) is 0 Å². The molecule has 82 valence electrons. The van der Waals surface area contributed by atoms with Crippen LogP contribution in [0.5, 0.6) is 0 Å². The third-order valence-corrected chi connectivity index (χ3v) is 2.65. The number of aliphatic hydroxyl groups is 1. The van der Waals surface area contributed by atoms with Crippen LogP contribution in [0.25, 0.3) is 0 Å². The minimum absolute atomic E-state index is 0.225. The van der Waals surface area contributed by atoms with Crippen molar-refractivity contribution < 1.29 is 19.7 Å². The zero-order valence-electron chi connectivity index (χ0n) is 8.32. The number of carboxylic acids is 1. The molecule has 14 heavy (non-hydrogen) atoms. The van der Waals surface area contributed by atoms with Gasteiger partial charge in [0.25, 0.3) is 0 Å². The van der Waals surface area contributed by atoms with E-state index in [1.165, 1.54) is 7.11 Å². The maximum absolute atomic E-state index is 10.9. The van der Waals surface area contributed by atoms with Crippen LogP contribution >= 0.6 is 0 Å². The molecule has 1 aliphatic carbocycles. The molecule has 5 nitrogen and oxygen atoms in total. The molecule has 0 spiro atoms. The van der Waals surface area contributed by atoms with Crippen LogP contribution in [0.15, 0.2) is 0 Å². The van der Waals surface area contributed by atoms with Crippen molar-refractivity contribution >= 4 is 5.97 Å². The lowest BCUT2D eigenvalue weighted by molar-refractivity contribution is -0.149. The normalized spacial score (nSPS) is 21.3. The molecule has 0 aromatic rings. The van der Waals surface area contributed by atoms with E-state index in [-0.39, 0.29) is 13.2 Å². The van der Waals surface area contributed by atoms with Gasteiger partial charge in [0.05, 0.1) is 12.7 Å². The first kappa shape index (κ1) is 11.4. The van der Waals surface area contributed by atoms with Gasteiger partial charge in [-0.05, 0) is 19.3 Å². The second-order valence-electron chi connectivity index (χ2n) is 3.73. The second-order valence-corrected chi connectivity index (χ2v) is 3.73. The molecule has 3 N–H and O–H groups in total. The van der Waals surface area contributed by atoms with Crippen molar-refractivity contribution in [2.75, 3.05) is 20.3 Å². The van der Waals surface area contributed by atoms with Gasteiger partial charge in [-0.1, -0.05) is 0 Å². The van der Waals surface area contributed by atoms with E-state index >= 15 is 0 Å². The first-order chi connectivity index (χ1) is 6.60. The van der Waals surface area contributed by atoms with E-state index < -0.39 is 17.6 Å².